The van der Waals surface area contributed by atoms with Gasteiger partial charge in [0.05, 0.1) is 0 Å². The molecule has 0 unspecified atom stereocenters. The molecule has 2 aliphatic carbocycles. The maximum atomic E-state index is 2.45. The molecule has 24 heavy (non-hydrogen) atoms. The molecule has 2 aliphatic rings. The SMILES string of the molecule is c1ccc2c(c1)Cc1cc3c(cc1-2)Cc1cc2ccccc2cc1-3. The molecule has 4 aromatic carbocycles. The average Bonchev–Trinajstić information content (AvgIpc) is 3.15. The Morgan fingerprint density at radius 2 is 0.958 bits per heavy atom. The molecule has 4 aromatic rings. The summed E-state index contributed by atoms with van der Waals surface area (Å²) in [6.45, 7) is 0. The van der Waals surface area contributed by atoms with Gasteiger partial charge in [0, 0.05) is 0 Å². The number of hydrogen-bond acceptors (Lipinski definition) is 0. The third-order valence-electron chi connectivity index (χ3n) is 5.66. The van der Waals surface area contributed by atoms with Gasteiger partial charge in [-0.3, -0.25) is 0 Å². The van der Waals surface area contributed by atoms with E-state index in [1.165, 1.54) is 55.3 Å². The summed E-state index contributed by atoms with van der Waals surface area (Å²) in [6, 6.07) is 27.2. The normalized spacial score (nSPS) is 13.5. The quantitative estimate of drug-likeness (QED) is 0.324. The van der Waals surface area contributed by atoms with Crippen LogP contribution >= 0.6 is 0 Å². The van der Waals surface area contributed by atoms with Crippen molar-refractivity contribution in [3.05, 3.63) is 95.1 Å². The predicted octanol–water partition coefficient (Wildman–Crippen LogP) is 5.98. The van der Waals surface area contributed by atoms with Gasteiger partial charge in [-0.15, -0.1) is 0 Å². The van der Waals surface area contributed by atoms with Crippen molar-refractivity contribution in [1.29, 1.82) is 0 Å². The molecule has 0 N–H and O–H groups in total. The van der Waals surface area contributed by atoms with Crippen LogP contribution in [-0.2, 0) is 12.8 Å². The lowest BCUT2D eigenvalue weighted by Gasteiger charge is -2.07. The highest BCUT2D eigenvalue weighted by Crippen LogP contribution is 2.45. The van der Waals surface area contributed by atoms with Crippen LogP contribution in [0.2, 0.25) is 0 Å². The third kappa shape index (κ3) is 1.58. The van der Waals surface area contributed by atoms with E-state index in [2.05, 4.69) is 72.8 Å². The van der Waals surface area contributed by atoms with Crippen molar-refractivity contribution in [3.8, 4) is 22.3 Å². The van der Waals surface area contributed by atoms with E-state index < -0.39 is 0 Å². The van der Waals surface area contributed by atoms with Crippen molar-refractivity contribution in [2.24, 2.45) is 0 Å². The van der Waals surface area contributed by atoms with Crippen LogP contribution in [-0.4, -0.2) is 0 Å². The molecule has 0 nitrogen and oxygen atoms in total. The molecule has 0 bridgehead atoms. The molecule has 0 heterocycles. The highest BCUT2D eigenvalue weighted by Gasteiger charge is 2.25. The zero-order chi connectivity index (χ0) is 15.7. The Morgan fingerprint density at radius 3 is 1.79 bits per heavy atom. The molecule has 6 rings (SSSR count). The van der Waals surface area contributed by atoms with Crippen molar-refractivity contribution in [1.82, 2.24) is 0 Å². The lowest BCUT2D eigenvalue weighted by Crippen LogP contribution is -1.85. The molecule has 0 radical (unpaired) electrons. The lowest BCUT2D eigenvalue weighted by atomic mass is 9.97. The first kappa shape index (κ1) is 12.5. The monoisotopic (exact) mass is 304 g/mol. The molecule has 0 aromatic heterocycles. The fourth-order valence-electron chi connectivity index (χ4n) is 4.52. The summed E-state index contributed by atoms with van der Waals surface area (Å²) < 4.78 is 0. The first-order chi connectivity index (χ1) is 11.9. The Hall–Kier alpha value is -2.86. The van der Waals surface area contributed by atoms with E-state index in [9.17, 15) is 0 Å². The Kier molecular flexibility index (Phi) is 2.28. The van der Waals surface area contributed by atoms with Crippen molar-refractivity contribution < 1.29 is 0 Å². The first-order valence-electron chi connectivity index (χ1n) is 8.63. The number of hydrogen-bond donors (Lipinski definition) is 0. The largest absolute Gasteiger partial charge is 0.0619 e. The van der Waals surface area contributed by atoms with Crippen LogP contribution in [0.1, 0.15) is 22.3 Å². The Bertz CT molecular complexity index is 1150. The van der Waals surface area contributed by atoms with Crippen molar-refractivity contribution in [3.63, 3.8) is 0 Å². The Balaban J connectivity index is 1.59. The Labute approximate surface area is 141 Å². The molecule has 0 amide bonds. The fourth-order valence-corrected chi connectivity index (χ4v) is 4.52. The highest BCUT2D eigenvalue weighted by atomic mass is 14.3. The number of fused-ring (bicyclic) bond motifs is 7. The molecule has 112 valence electrons. The van der Waals surface area contributed by atoms with E-state index >= 15 is 0 Å². The molecule has 0 saturated heterocycles. The van der Waals surface area contributed by atoms with Gasteiger partial charge in [0.1, 0.15) is 0 Å². The predicted molar refractivity (Wildman–Crippen MR) is 100 cm³/mol. The average molecular weight is 304 g/mol. The summed E-state index contributed by atoms with van der Waals surface area (Å²) in [7, 11) is 0. The van der Waals surface area contributed by atoms with E-state index in [4.69, 9.17) is 0 Å². The van der Waals surface area contributed by atoms with Crippen LogP contribution in [0.3, 0.4) is 0 Å². The summed E-state index contributed by atoms with van der Waals surface area (Å²) in [4.78, 5) is 0. The van der Waals surface area contributed by atoms with E-state index in [1.54, 1.807) is 0 Å². The van der Waals surface area contributed by atoms with Gasteiger partial charge in [-0.2, -0.15) is 0 Å². The van der Waals surface area contributed by atoms with Crippen molar-refractivity contribution in [2.45, 2.75) is 12.8 Å². The maximum absolute atomic E-state index is 2.45. The van der Waals surface area contributed by atoms with Gasteiger partial charge in [0.25, 0.3) is 0 Å². The highest BCUT2D eigenvalue weighted by molar-refractivity contribution is 5.93. The topological polar surface area (TPSA) is 0 Å². The van der Waals surface area contributed by atoms with Crippen molar-refractivity contribution in [2.75, 3.05) is 0 Å². The molecule has 0 saturated carbocycles. The van der Waals surface area contributed by atoms with E-state index in [1.807, 2.05) is 0 Å². The van der Waals surface area contributed by atoms with Gasteiger partial charge in [0.2, 0.25) is 0 Å². The fraction of sp³-hybridized carbons (Fsp3) is 0.0833. The zero-order valence-corrected chi connectivity index (χ0v) is 13.3. The van der Waals surface area contributed by atoms with Gasteiger partial charge in [-0.25, -0.2) is 0 Å². The summed E-state index contributed by atoms with van der Waals surface area (Å²) in [6.07, 6.45) is 2.13. The van der Waals surface area contributed by atoms with E-state index in [0.717, 1.165) is 12.8 Å². The first-order valence-corrected chi connectivity index (χ1v) is 8.63. The van der Waals surface area contributed by atoms with Gasteiger partial charge in [0.15, 0.2) is 0 Å². The van der Waals surface area contributed by atoms with Crippen LogP contribution in [0.15, 0.2) is 72.8 Å². The van der Waals surface area contributed by atoms with Crippen LogP contribution in [0.5, 0.6) is 0 Å². The minimum atomic E-state index is 1.06. The second-order valence-electron chi connectivity index (χ2n) is 7.03. The van der Waals surface area contributed by atoms with E-state index in [0.29, 0.717) is 0 Å². The minimum Gasteiger partial charge on any atom is -0.0619 e. The van der Waals surface area contributed by atoms with Gasteiger partial charge < -0.3 is 0 Å². The van der Waals surface area contributed by atoms with Gasteiger partial charge in [-0.05, 0) is 86.3 Å². The molecule has 0 atom stereocenters. The molecule has 0 aliphatic heterocycles. The second-order valence-corrected chi connectivity index (χ2v) is 7.03. The van der Waals surface area contributed by atoms with Gasteiger partial charge in [-0.1, -0.05) is 54.6 Å². The smallest absolute Gasteiger partial charge is 0.00130 e. The standard InChI is InChI=1S/C24H16/c1-2-6-16-12-23-18(9-15(16)5-1)11-20-13-22-19(14-24(20)23)10-17-7-3-4-8-21(17)22/h1-9,12-14H,10-11H2. The van der Waals surface area contributed by atoms with Crippen LogP contribution in [0.4, 0.5) is 0 Å². The third-order valence-corrected chi connectivity index (χ3v) is 5.66. The van der Waals surface area contributed by atoms with Crippen LogP contribution in [0, 0.1) is 0 Å². The van der Waals surface area contributed by atoms with Crippen molar-refractivity contribution >= 4 is 10.8 Å². The van der Waals surface area contributed by atoms with Crippen LogP contribution < -0.4 is 0 Å². The molecule has 0 fully saturated rings. The summed E-state index contributed by atoms with van der Waals surface area (Å²) in [5.74, 6) is 0. The second kappa shape index (κ2) is 4.36. The maximum Gasteiger partial charge on any atom is -0.00130 e. The zero-order valence-electron chi connectivity index (χ0n) is 13.3. The summed E-state index contributed by atoms with van der Waals surface area (Å²) >= 11 is 0. The molecular formula is C24H16. The van der Waals surface area contributed by atoms with E-state index in [-0.39, 0.29) is 0 Å². The number of rotatable bonds is 0. The molecular weight excluding hydrogens is 288 g/mol. The molecule has 0 heteroatoms. The number of benzene rings is 4. The minimum absolute atomic E-state index is 1.06. The summed E-state index contributed by atoms with van der Waals surface area (Å²) in [5.41, 5.74) is 11.7. The van der Waals surface area contributed by atoms with Crippen LogP contribution in [0.25, 0.3) is 33.0 Å². The van der Waals surface area contributed by atoms with Gasteiger partial charge >= 0.3 is 0 Å². The summed E-state index contributed by atoms with van der Waals surface area (Å²) in [5, 5.41) is 2.69. The Morgan fingerprint density at radius 1 is 0.417 bits per heavy atom. The lowest BCUT2D eigenvalue weighted by molar-refractivity contribution is 1.24. The molecule has 0 spiro atoms.